The molecule has 5 rings (SSSR count). The van der Waals surface area contributed by atoms with Crippen LogP contribution >= 0.6 is 11.8 Å². The summed E-state index contributed by atoms with van der Waals surface area (Å²) in [5.74, 6) is -0.785. The number of fused-ring (bicyclic) bond motifs is 1. The molecule has 1 aliphatic heterocycles. The summed E-state index contributed by atoms with van der Waals surface area (Å²) in [6.45, 7) is 0.872. The van der Waals surface area contributed by atoms with Crippen molar-refractivity contribution in [2.45, 2.75) is 35.2 Å². The second kappa shape index (κ2) is 10.1. The number of nitrogens with zero attached hydrogens (tertiary/aromatic N) is 2. The van der Waals surface area contributed by atoms with Crippen molar-refractivity contribution < 1.29 is 23.9 Å². The second-order valence-corrected chi connectivity index (χ2v) is 9.20. The van der Waals surface area contributed by atoms with E-state index >= 15 is 0 Å². The van der Waals surface area contributed by atoms with Crippen molar-refractivity contribution in [3.8, 4) is 11.5 Å². The zero-order valence-corrected chi connectivity index (χ0v) is 19.5. The van der Waals surface area contributed by atoms with Gasteiger partial charge in [0.2, 0.25) is 5.91 Å². The van der Waals surface area contributed by atoms with Crippen LogP contribution in [0.15, 0.2) is 64.6 Å². The van der Waals surface area contributed by atoms with Crippen LogP contribution in [0.1, 0.15) is 12.8 Å². The van der Waals surface area contributed by atoms with E-state index in [-0.39, 0.29) is 18.5 Å². The average Bonchev–Trinajstić information content (AvgIpc) is 3.56. The Morgan fingerprint density at radius 1 is 1.00 bits per heavy atom. The number of rotatable bonds is 7. The number of anilines is 2. The highest BCUT2D eigenvalue weighted by Crippen LogP contribution is 2.42. The number of carbonyl (C=O) groups is 3. The molecule has 0 radical (unpaired) electrons. The van der Waals surface area contributed by atoms with E-state index in [1.807, 2.05) is 30.3 Å². The smallest absolute Gasteiger partial charge is 0.314 e. The van der Waals surface area contributed by atoms with E-state index < -0.39 is 11.8 Å². The van der Waals surface area contributed by atoms with Crippen LogP contribution in [-0.2, 0) is 20.9 Å². The molecule has 2 aromatic carbocycles. The number of amides is 3. The number of nitrogens with one attached hydrogen (secondary N) is 3. The van der Waals surface area contributed by atoms with Gasteiger partial charge in [-0.3, -0.25) is 19.1 Å². The fourth-order valence-corrected chi connectivity index (χ4v) is 4.33. The van der Waals surface area contributed by atoms with E-state index in [9.17, 15) is 14.4 Å². The summed E-state index contributed by atoms with van der Waals surface area (Å²) >= 11 is 1.43. The summed E-state index contributed by atoms with van der Waals surface area (Å²) in [7, 11) is 0. The van der Waals surface area contributed by atoms with E-state index in [1.165, 1.54) is 28.8 Å². The van der Waals surface area contributed by atoms with Gasteiger partial charge in [0.05, 0.1) is 17.6 Å². The first-order valence-corrected chi connectivity index (χ1v) is 12.0. The predicted octanol–water partition coefficient (Wildman–Crippen LogP) is 2.66. The van der Waals surface area contributed by atoms with Crippen molar-refractivity contribution >= 4 is 40.9 Å². The van der Waals surface area contributed by atoms with Gasteiger partial charge in [-0.15, -0.1) is 0 Å². The van der Waals surface area contributed by atoms with Gasteiger partial charge >= 0.3 is 11.8 Å². The molecule has 0 bridgehead atoms. The lowest BCUT2D eigenvalue weighted by molar-refractivity contribution is -0.133. The molecule has 3 N–H and O–H groups in total. The Balaban J connectivity index is 1.26. The Bertz CT molecular complexity index is 1260. The molecule has 1 saturated carbocycles. The maximum atomic E-state index is 12.7. The fourth-order valence-electron chi connectivity index (χ4n) is 3.40. The SMILES string of the molecule is O=C(Cn1cc(NC(=O)C(=O)Nc2cc3c(cc2Sc2ccccc2)OCCO3)cn1)NC1CC1. The van der Waals surface area contributed by atoms with Gasteiger partial charge in [0.25, 0.3) is 0 Å². The third-order valence-electron chi connectivity index (χ3n) is 5.21. The minimum atomic E-state index is -0.863. The quantitative estimate of drug-likeness (QED) is 0.433. The number of ether oxygens (including phenoxy) is 2. The summed E-state index contributed by atoms with van der Waals surface area (Å²) in [5, 5.41) is 12.1. The molecule has 1 aliphatic carbocycles. The Labute approximate surface area is 205 Å². The number of hydrogen-bond acceptors (Lipinski definition) is 7. The van der Waals surface area contributed by atoms with Crippen molar-refractivity contribution in [3.63, 3.8) is 0 Å². The molecule has 0 saturated heterocycles. The largest absolute Gasteiger partial charge is 0.486 e. The number of aromatic nitrogens is 2. The number of carbonyl (C=O) groups excluding carboxylic acids is 3. The standard InChI is InChI=1S/C24H23N5O5S/c30-22(26-15-6-7-15)14-29-13-16(12-25-29)27-23(31)24(32)28-18-10-19-20(34-9-8-33-19)11-21(18)35-17-4-2-1-3-5-17/h1-5,10-13,15H,6-9,14H2,(H,26,30)(H,27,31)(H,28,32). The molecule has 1 aromatic heterocycles. The molecule has 2 heterocycles. The molecule has 2 aliphatic rings. The van der Waals surface area contributed by atoms with Gasteiger partial charge in [-0.05, 0) is 25.0 Å². The van der Waals surface area contributed by atoms with E-state index in [4.69, 9.17) is 9.47 Å². The van der Waals surface area contributed by atoms with E-state index in [2.05, 4.69) is 21.0 Å². The summed E-state index contributed by atoms with van der Waals surface area (Å²) < 4.78 is 12.7. The lowest BCUT2D eigenvalue weighted by atomic mass is 10.2. The van der Waals surface area contributed by atoms with Crippen molar-refractivity contribution in [2.24, 2.45) is 0 Å². The highest BCUT2D eigenvalue weighted by Gasteiger charge is 2.24. The van der Waals surface area contributed by atoms with Gasteiger partial charge < -0.3 is 25.4 Å². The van der Waals surface area contributed by atoms with Gasteiger partial charge in [-0.1, -0.05) is 30.0 Å². The lowest BCUT2D eigenvalue weighted by Gasteiger charge is -2.21. The Morgan fingerprint density at radius 2 is 1.71 bits per heavy atom. The molecule has 10 nitrogen and oxygen atoms in total. The molecule has 3 amide bonds. The van der Waals surface area contributed by atoms with E-state index in [1.54, 1.807) is 12.1 Å². The van der Waals surface area contributed by atoms with Gasteiger partial charge in [0.1, 0.15) is 19.8 Å². The minimum Gasteiger partial charge on any atom is -0.486 e. The maximum absolute atomic E-state index is 12.7. The van der Waals surface area contributed by atoms with E-state index in [0.29, 0.717) is 41.0 Å². The normalized spacial score (nSPS) is 14.2. The number of benzene rings is 2. The first-order valence-electron chi connectivity index (χ1n) is 11.1. The monoisotopic (exact) mass is 493 g/mol. The number of hydrogen-bond donors (Lipinski definition) is 3. The second-order valence-electron chi connectivity index (χ2n) is 8.08. The molecule has 35 heavy (non-hydrogen) atoms. The summed E-state index contributed by atoms with van der Waals surface area (Å²) in [4.78, 5) is 38.9. The predicted molar refractivity (Wildman–Crippen MR) is 129 cm³/mol. The van der Waals surface area contributed by atoms with Crippen molar-refractivity contribution in [2.75, 3.05) is 23.8 Å². The van der Waals surface area contributed by atoms with Crippen LogP contribution < -0.4 is 25.4 Å². The zero-order chi connectivity index (χ0) is 24.2. The molecule has 180 valence electrons. The van der Waals surface area contributed by atoms with Crippen LogP contribution in [0.3, 0.4) is 0 Å². The highest BCUT2D eigenvalue weighted by molar-refractivity contribution is 7.99. The van der Waals surface area contributed by atoms with Crippen molar-refractivity contribution in [1.82, 2.24) is 15.1 Å². The molecular formula is C24H23N5O5S. The molecule has 1 fully saturated rings. The van der Waals surface area contributed by atoms with Crippen LogP contribution in [-0.4, -0.2) is 46.8 Å². The maximum Gasteiger partial charge on any atom is 0.314 e. The van der Waals surface area contributed by atoms with E-state index in [0.717, 1.165) is 17.7 Å². The minimum absolute atomic E-state index is 0.0375. The third kappa shape index (κ3) is 5.93. The molecule has 0 spiro atoms. The molecule has 3 aromatic rings. The lowest BCUT2D eigenvalue weighted by Crippen LogP contribution is -2.30. The summed E-state index contributed by atoms with van der Waals surface area (Å²) in [5.41, 5.74) is 0.737. The zero-order valence-electron chi connectivity index (χ0n) is 18.7. The molecule has 0 atom stereocenters. The summed E-state index contributed by atoms with van der Waals surface area (Å²) in [6.07, 6.45) is 4.88. The summed E-state index contributed by atoms with van der Waals surface area (Å²) in [6, 6.07) is 13.3. The van der Waals surface area contributed by atoms with Gasteiger partial charge in [0, 0.05) is 34.2 Å². The highest BCUT2D eigenvalue weighted by atomic mass is 32.2. The molecule has 0 unspecified atom stereocenters. The molecular weight excluding hydrogens is 470 g/mol. The first kappa shape index (κ1) is 22.8. The Kier molecular flexibility index (Phi) is 6.57. The Morgan fingerprint density at radius 3 is 2.46 bits per heavy atom. The van der Waals surface area contributed by atoms with Crippen LogP contribution in [0, 0.1) is 0 Å². The van der Waals surface area contributed by atoms with Crippen LogP contribution in [0.4, 0.5) is 11.4 Å². The fraction of sp³-hybridized carbons (Fsp3) is 0.250. The van der Waals surface area contributed by atoms with Crippen molar-refractivity contribution in [1.29, 1.82) is 0 Å². The molecule has 11 heteroatoms. The van der Waals surface area contributed by atoms with Crippen LogP contribution in [0.5, 0.6) is 11.5 Å². The van der Waals surface area contributed by atoms with Gasteiger partial charge in [0.15, 0.2) is 11.5 Å². The van der Waals surface area contributed by atoms with Gasteiger partial charge in [-0.25, -0.2) is 0 Å². The Hall–Kier alpha value is -3.99. The third-order valence-corrected chi connectivity index (χ3v) is 6.27. The van der Waals surface area contributed by atoms with Gasteiger partial charge in [-0.2, -0.15) is 5.10 Å². The average molecular weight is 494 g/mol. The van der Waals surface area contributed by atoms with Crippen LogP contribution in [0.2, 0.25) is 0 Å². The van der Waals surface area contributed by atoms with Crippen molar-refractivity contribution in [3.05, 3.63) is 54.9 Å². The topological polar surface area (TPSA) is 124 Å². The van der Waals surface area contributed by atoms with Crippen LogP contribution in [0.25, 0.3) is 0 Å². The first-order chi connectivity index (χ1) is 17.0.